The molecule has 18 heavy (non-hydrogen) atoms. The Hall–Kier alpha value is -1.91. The Balaban J connectivity index is 2.97. The Labute approximate surface area is 104 Å². The predicted octanol–water partition coefficient (Wildman–Crippen LogP) is 2.37. The number of ketones is 1. The van der Waals surface area contributed by atoms with Crippen molar-refractivity contribution in [2.24, 2.45) is 11.8 Å². The van der Waals surface area contributed by atoms with Crippen molar-refractivity contribution in [1.29, 1.82) is 0 Å². The van der Waals surface area contributed by atoms with Crippen LogP contribution in [0.4, 0.5) is 4.39 Å². The molecule has 0 heterocycles. The molecule has 1 rings (SSSR count). The van der Waals surface area contributed by atoms with E-state index >= 15 is 0 Å². The predicted molar refractivity (Wildman–Crippen MR) is 63.2 cm³/mol. The SMILES string of the molecule is COc1ccc(C(=O)C(C)C(C)C(=O)O)cc1F. The van der Waals surface area contributed by atoms with Crippen LogP contribution in [-0.2, 0) is 4.79 Å². The van der Waals surface area contributed by atoms with Crippen LogP contribution in [0.2, 0.25) is 0 Å². The van der Waals surface area contributed by atoms with Crippen molar-refractivity contribution >= 4 is 11.8 Å². The molecule has 0 aliphatic carbocycles. The first-order valence-electron chi connectivity index (χ1n) is 5.49. The maximum absolute atomic E-state index is 13.4. The average molecular weight is 254 g/mol. The summed E-state index contributed by atoms with van der Waals surface area (Å²) in [6, 6.07) is 3.84. The molecule has 0 amide bonds. The molecule has 0 aromatic heterocycles. The van der Waals surface area contributed by atoms with Gasteiger partial charge in [-0.2, -0.15) is 0 Å². The van der Waals surface area contributed by atoms with E-state index in [4.69, 9.17) is 9.84 Å². The molecule has 5 heteroatoms. The highest BCUT2D eigenvalue weighted by Crippen LogP contribution is 2.22. The first-order valence-corrected chi connectivity index (χ1v) is 5.49. The average Bonchev–Trinajstić information content (AvgIpc) is 2.35. The number of carbonyl (C=O) groups excluding carboxylic acids is 1. The fraction of sp³-hybridized carbons (Fsp3) is 0.385. The topological polar surface area (TPSA) is 63.6 Å². The van der Waals surface area contributed by atoms with E-state index in [2.05, 4.69) is 0 Å². The zero-order valence-corrected chi connectivity index (χ0v) is 10.4. The van der Waals surface area contributed by atoms with Gasteiger partial charge in [-0.1, -0.05) is 13.8 Å². The van der Waals surface area contributed by atoms with Crippen molar-refractivity contribution in [1.82, 2.24) is 0 Å². The van der Waals surface area contributed by atoms with Gasteiger partial charge in [-0.3, -0.25) is 9.59 Å². The van der Waals surface area contributed by atoms with Gasteiger partial charge in [-0.15, -0.1) is 0 Å². The lowest BCUT2D eigenvalue weighted by Crippen LogP contribution is -2.25. The smallest absolute Gasteiger partial charge is 0.306 e. The highest BCUT2D eigenvalue weighted by molar-refractivity contribution is 5.99. The van der Waals surface area contributed by atoms with Crippen molar-refractivity contribution < 1.29 is 23.8 Å². The summed E-state index contributed by atoms with van der Waals surface area (Å²) in [7, 11) is 1.33. The molecule has 0 aliphatic heterocycles. The van der Waals surface area contributed by atoms with Gasteiger partial charge in [0, 0.05) is 11.5 Å². The number of ether oxygens (including phenoxy) is 1. The molecule has 0 radical (unpaired) electrons. The van der Waals surface area contributed by atoms with E-state index in [0.29, 0.717) is 0 Å². The number of carboxylic acids is 1. The van der Waals surface area contributed by atoms with Crippen LogP contribution in [0, 0.1) is 17.7 Å². The van der Waals surface area contributed by atoms with Crippen molar-refractivity contribution in [3.8, 4) is 5.75 Å². The summed E-state index contributed by atoms with van der Waals surface area (Å²) in [5.74, 6) is -3.57. The summed E-state index contributed by atoms with van der Waals surface area (Å²) in [5.41, 5.74) is 0.147. The molecule has 98 valence electrons. The highest BCUT2D eigenvalue weighted by Gasteiger charge is 2.27. The van der Waals surface area contributed by atoms with Crippen LogP contribution in [0.3, 0.4) is 0 Å². The van der Waals surface area contributed by atoms with Gasteiger partial charge in [-0.25, -0.2) is 4.39 Å². The highest BCUT2D eigenvalue weighted by atomic mass is 19.1. The Morgan fingerprint density at radius 1 is 1.28 bits per heavy atom. The zero-order valence-electron chi connectivity index (χ0n) is 10.4. The third-order valence-electron chi connectivity index (χ3n) is 2.99. The van der Waals surface area contributed by atoms with Gasteiger partial charge in [-0.05, 0) is 18.2 Å². The third kappa shape index (κ3) is 2.85. The second-order valence-electron chi connectivity index (χ2n) is 4.13. The molecule has 4 nitrogen and oxygen atoms in total. The summed E-state index contributed by atoms with van der Waals surface area (Å²) < 4.78 is 18.2. The fourth-order valence-corrected chi connectivity index (χ4v) is 1.52. The zero-order chi connectivity index (χ0) is 13.9. The lowest BCUT2D eigenvalue weighted by molar-refractivity contribution is -0.142. The maximum Gasteiger partial charge on any atom is 0.306 e. The number of methoxy groups -OCH3 is 1. The second kappa shape index (κ2) is 5.62. The molecule has 1 N–H and O–H groups in total. The molecule has 1 aromatic rings. The summed E-state index contributed by atoms with van der Waals surface area (Å²) in [4.78, 5) is 22.8. The van der Waals surface area contributed by atoms with Crippen LogP contribution in [0.5, 0.6) is 5.75 Å². The summed E-state index contributed by atoms with van der Waals surface area (Å²) >= 11 is 0. The fourth-order valence-electron chi connectivity index (χ4n) is 1.52. The first kappa shape index (κ1) is 14.2. The Morgan fingerprint density at radius 2 is 1.89 bits per heavy atom. The molecule has 0 saturated carbocycles. The number of rotatable bonds is 5. The lowest BCUT2D eigenvalue weighted by atomic mass is 9.88. The minimum absolute atomic E-state index is 0.0467. The van der Waals surface area contributed by atoms with E-state index in [0.717, 1.165) is 6.07 Å². The van der Waals surface area contributed by atoms with E-state index in [9.17, 15) is 14.0 Å². The van der Waals surface area contributed by atoms with Crippen LogP contribution in [-0.4, -0.2) is 24.0 Å². The number of benzene rings is 1. The second-order valence-corrected chi connectivity index (χ2v) is 4.13. The van der Waals surface area contributed by atoms with Gasteiger partial charge in [0.1, 0.15) is 0 Å². The van der Waals surface area contributed by atoms with Crippen LogP contribution in [0.1, 0.15) is 24.2 Å². The van der Waals surface area contributed by atoms with E-state index in [1.807, 2.05) is 0 Å². The van der Waals surface area contributed by atoms with Gasteiger partial charge in [0.05, 0.1) is 13.0 Å². The Morgan fingerprint density at radius 3 is 2.33 bits per heavy atom. The van der Waals surface area contributed by atoms with E-state index in [1.54, 1.807) is 0 Å². The molecule has 0 fully saturated rings. The van der Waals surface area contributed by atoms with E-state index in [1.165, 1.54) is 33.1 Å². The molecule has 0 aliphatic rings. The Bertz CT molecular complexity index is 470. The van der Waals surface area contributed by atoms with Gasteiger partial charge in [0.2, 0.25) is 0 Å². The molecular formula is C13H15FO4. The minimum atomic E-state index is -1.05. The Kier molecular flexibility index (Phi) is 4.42. The molecule has 0 bridgehead atoms. The minimum Gasteiger partial charge on any atom is -0.494 e. The van der Waals surface area contributed by atoms with Crippen molar-refractivity contribution in [3.05, 3.63) is 29.6 Å². The van der Waals surface area contributed by atoms with Gasteiger partial charge in [0.15, 0.2) is 17.3 Å². The monoisotopic (exact) mass is 254 g/mol. The number of hydrogen-bond donors (Lipinski definition) is 1. The molecule has 0 saturated heterocycles. The van der Waals surface area contributed by atoms with Crippen LogP contribution in [0.15, 0.2) is 18.2 Å². The van der Waals surface area contributed by atoms with Crippen LogP contribution >= 0.6 is 0 Å². The van der Waals surface area contributed by atoms with E-state index < -0.39 is 29.4 Å². The van der Waals surface area contributed by atoms with Crippen molar-refractivity contribution in [3.63, 3.8) is 0 Å². The largest absolute Gasteiger partial charge is 0.494 e. The van der Waals surface area contributed by atoms with Crippen LogP contribution < -0.4 is 4.74 Å². The molecule has 2 atom stereocenters. The van der Waals surface area contributed by atoms with Crippen LogP contribution in [0.25, 0.3) is 0 Å². The number of halogens is 1. The standard InChI is InChI=1S/C13H15FO4/c1-7(8(2)13(16)17)12(15)9-4-5-11(18-3)10(14)6-9/h4-8H,1-3H3,(H,16,17). The normalized spacial score (nSPS) is 13.8. The van der Waals surface area contributed by atoms with Gasteiger partial charge in [0.25, 0.3) is 0 Å². The summed E-state index contributed by atoms with van der Waals surface area (Å²) in [5, 5.41) is 8.84. The molecular weight excluding hydrogens is 239 g/mol. The van der Waals surface area contributed by atoms with Crippen molar-refractivity contribution in [2.75, 3.05) is 7.11 Å². The molecule has 2 unspecified atom stereocenters. The number of hydrogen-bond acceptors (Lipinski definition) is 3. The number of Topliss-reactive ketones (excluding diaryl/α,β-unsaturated/α-hetero) is 1. The van der Waals surface area contributed by atoms with Crippen molar-refractivity contribution in [2.45, 2.75) is 13.8 Å². The quantitative estimate of drug-likeness (QED) is 0.819. The maximum atomic E-state index is 13.4. The summed E-state index contributed by atoms with van der Waals surface area (Å²) in [6.07, 6.45) is 0. The molecule has 0 spiro atoms. The first-order chi connectivity index (χ1) is 8.38. The number of carboxylic acid groups (broad SMARTS) is 1. The lowest BCUT2D eigenvalue weighted by Gasteiger charge is -2.15. The van der Waals surface area contributed by atoms with Gasteiger partial charge < -0.3 is 9.84 Å². The number of aliphatic carboxylic acids is 1. The molecule has 1 aromatic carbocycles. The summed E-state index contributed by atoms with van der Waals surface area (Å²) in [6.45, 7) is 2.97. The van der Waals surface area contributed by atoms with E-state index in [-0.39, 0.29) is 11.3 Å². The van der Waals surface area contributed by atoms with Gasteiger partial charge >= 0.3 is 5.97 Å². The third-order valence-corrected chi connectivity index (χ3v) is 2.99. The number of carbonyl (C=O) groups is 2.